The third-order valence-corrected chi connectivity index (χ3v) is 2.33. The average Bonchev–Trinajstić information content (AvgIpc) is 2.07. The van der Waals surface area contributed by atoms with Crippen molar-refractivity contribution in [3.63, 3.8) is 0 Å². The van der Waals surface area contributed by atoms with Gasteiger partial charge in [0.05, 0.1) is 6.54 Å². The normalized spacial score (nSPS) is 25.3. The van der Waals surface area contributed by atoms with Crippen molar-refractivity contribution in [2.75, 3.05) is 6.54 Å². The Kier molecular flexibility index (Phi) is 1.37. The minimum atomic E-state index is -0.209. The minimum absolute atomic E-state index is 0.209. The molecule has 0 atom stereocenters. The molecule has 3 heteroatoms. The lowest BCUT2D eigenvalue weighted by molar-refractivity contribution is 0.132. The Bertz CT molecular complexity index is 208. The van der Waals surface area contributed by atoms with Gasteiger partial charge in [0.2, 0.25) is 0 Å². The monoisotopic (exact) mass is 153 g/mol. The molecule has 1 aliphatic carbocycles. The molecule has 2 aliphatic rings. The molecule has 0 aromatic carbocycles. The molecule has 11 heavy (non-hydrogen) atoms. The first-order chi connectivity index (χ1) is 5.27. The molecular weight excluding hydrogens is 142 g/mol. The Morgan fingerprint density at radius 1 is 1.55 bits per heavy atom. The predicted octanol–water partition coefficient (Wildman–Crippen LogP) is 1.50. The average molecular weight is 153 g/mol. The van der Waals surface area contributed by atoms with E-state index in [1.54, 1.807) is 4.90 Å². The van der Waals surface area contributed by atoms with Crippen LogP contribution < -0.4 is 0 Å². The SMILES string of the molecule is C=C1CN(C2CCC2)C(=O)O1. The van der Waals surface area contributed by atoms with Gasteiger partial charge in [-0.3, -0.25) is 4.90 Å². The van der Waals surface area contributed by atoms with Gasteiger partial charge < -0.3 is 4.74 Å². The highest BCUT2D eigenvalue weighted by molar-refractivity contribution is 5.72. The molecule has 1 heterocycles. The zero-order valence-corrected chi connectivity index (χ0v) is 6.38. The van der Waals surface area contributed by atoms with Crippen LogP contribution in [0.1, 0.15) is 19.3 Å². The van der Waals surface area contributed by atoms with Crippen molar-refractivity contribution < 1.29 is 9.53 Å². The van der Waals surface area contributed by atoms with Crippen LogP contribution in [0.15, 0.2) is 12.3 Å². The molecule has 0 aromatic heterocycles. The molecule has 1 saturated carbocycles. The summed E-state index contributed by atoms with van der Waals surface area (Å²) < 4.78 is 4.82. The fourth-order valence-corrected chi connectivity index (χ4v) is 1.45. The van der Waals surface area contributed by atoms with Crippen LogP contribution in [0.25, 0.3) is 0 Å². The van der Waals surface area contributed by atoms with E-state index in [0.29, 0.717) is 18.3 Å². The van der Waals surface area contributed by atoms with Gasteiger partial charge in [-0.2, -0.15) is 0 Å². The maximum absolute atomic E-state index is 11.1. The van der Waals surface area contributed by atoms with Crippen molar-refractivity contribution in [1.29, 1.82) is 0 Å². The highest BCUT2D eigenvalue weighted by atomic mass is 16.6. The molecule has 0 N–H and O–H groups in total. The molecule has 0 radical (unpaired) electrons. The summed E-state index contributed by atoms with van der Waals surface area (Å²) in [5, 5.41) is 0. The number of ether oxygens (including phenoxy) is 1. The lowest BCUT2D eigenvalue weighted by Gasteiger charge is -2.32. The Balaban J connectivity index is 2.02. The van der Waals surface area contributed by atoms with Crippen LogP contribution in [0.3, 0.4) is 0 Å². The third kappa shape index (κ3) is 1.00. The van der Waals surface area contributed by atoms with Gasteiger partial charge in [-0.05, 0) is 19.3 Å². The van der Waals surface area contributed by atoms with E-state index in [4.69, 9.17) is 4.74 Å². The van der Waals surface area contributed by atoms with E-state index < -0.39 is 0 Å². The van der Waals surface area contributed by atoms with Crippen molar-refractivity contribution in [3.05, 3.63) is 12.3 Å². The largest absolute Gasteiger partial charge is 0.415 e. The number of hydrogen-bond acceptors (Lipinski definition) is 2. The summed E-state index contributed by atoms with van der Waals surface area (Å²) >= 11 is 0. The predicted molar refractivity (Wildman–Crippen MR) is 40.0 cm³/mol. The summed E-state index contributed by atoms with van der Waals surface area (Å²) in [4.78, 5) is 12.8. The first-order valence-corrected chi connectivity index (χ1v) is 3.93. The summed E-state index contributed by atoms with van der Waals surface area (Å²) in [5.41, 5.74) is 0. The van der Waals surface area contributed by atoms with Gasteiger partial charge in [-0.1, -0.05) is 6.58 Å². The number of hydrogen-bond donors (Lipinski definition) is 0. The van der Waals surface area contributed by atoms with E-state index in [1.807, 2.05) is 0 Å². The highest BCUT2D eigenvalue weighted by Crippen LogP contribution is 2.28. The maximum atomic E-state index is 11.1. The standard InChI is InChI=1S/C8H11NO2/c1-6-5-9(8(10)11-6)7-3-2-4-7/h7H,1-5H2. The number of carbonyl (C=O) groups excluding carboxylic acids is 1. The second kappa shape index (κ2) is 2.26. The molecular formula is C8H11NO2. The van der Waals surface area contributed by atoms with Gasteiger partial charge in [-0.25, -0.2) is 4.79 Å². The third-order valence-electron chi connectivity index (χ3n) is 2.33. The summed E-state index contributed by atoms with van der Waals surface area (Å²) in [5.74, 6) is 0.585. The molecule has 0 spiro atoms. The second-order valence-corrected chi connectivity index (χ2v) is 3.12. The molecule has 3 nitrogen and oxygen atoms in total. The highest BCUT2D eigenvalue weighted by Gasteiger charge is 2.34. The maximum Gasteiger partial charge on any atom is 0.415 e. The molecule has 0 aromatic rings. The number of rotatable bonds is 1. The van der Waals surface area contributed by atoms with Crippen molar-refractivity contribution in [2.24, 2.45) is 0 Å². The van der Waals surface area contributed by atoms with Gasteiger partial charge >= 0.3 is 6.09 Å². The Morgan fingerprint density at radius 3 is 2.64 bits per heavy atom. The van der Waals surface area contributed by atoms with E-state index in [9.17, 15) is 4.79 Å². The molecule has 1 amide bonds. The molecule has 1 aliphatic heterocycles. The number of amides is 1. The summed E-state index contributed by atoms with van der Waals surface area (Å²) in [6.07, 6.45) is 3.28. The van der Waals surface area contributed by atoms with Gasteiger partial charge in [0, 0.05) is 6.04 Å². The van der Waals surface area contributed by atoms with E-state index >= 15 is 0 Å². The first-order valence-electron chi connectivity index (χ1n) is 3.93. The van der Waals surface area contributed by atoms with Gasteiger partial charge in [0.25, 0.3) is 0 Å². The fraction of sp³-hybridized carbons (Fsp3) is 0.625. The van der Waals surface area contributed by atoms with Crippen LogP contribution >= 0.6 is 0 Å². The van der Waals surface area contributed by atoms with E-state index in [2.05, 4.69) is 6.58 Å². The second-order valence-electron chi connectivity index (χ2n) is 3.12. The van der Waals surface area contributed by atoms with E-state index in [-0.39, 0.29) is 6.09 Å². The van der Waals surface area contributed by atoms with Crippen molar-refractivity contribution in [1.82, 2.24) is 4.90 Å². The van der Waals surface area contributed by atoms with Crippen LogP contribution in [0.4, 0.5) is 4.79 Å². The first kappa shape index (κ1) is 6.70. The van der Waals surface area contributed by atoms with Gasteiger partial charge in [0.1, 0.15) is 5.76 Å². The topological polar surface area (TPSA) is 29.5 Å². The van der Waals surface area contributed by atoms with Crippen LogP contribution in [-0.2, 0) is 4.74 Å². The number of nitrogens with zero attached hydrogens (tertiary/aromatic N) is 1. The lowest BCUT2D eigenvalue weighted by atomic mass is 9.92. The Hall–Kier alpha value is -0.990. The smallest absolute Gasteiger partial charge is 0.413 e. The van der Waals surface area contributed by atoms with Crippen LogP contribution in [0, 0.1) is 0 Å². The zero-order chi connectivity index (χ0) is 7.84. The summed E-state index contributed by atoms with van der Waals surface area (Å²) in [6.45, 7) is 4.21. The van der Waals surface area contributed by atoms with E-state index in [1.165, 1.54) is 6.42 Å². The van der Waals surface area contributed by atoms with E-state index in [0.717, 1.165) is 12.8 Å². The van der Waals surface area contributed by atoms with Crippen molar-refractivity contribution in [2.45, 2.75) is 25.3 Å². The minimum Gasteiger partial charge on any atom is -0.413 e. The molecule has 2 rings (SSSR count). The quantitative estimate of drug-likeness (QED) is 0.571. The van der Waals surface area contributed by atoms with Gasteiger partial charge in [0.15, 0.2) is 0 Å². The van der Waals surface area contributed by atoms with Crippen molar-refractivity contribution in [3.8, 4) is 0 Å². The Morgan fingerprint density at radius 2 is 2.27 bits per heavy atom. The summed E-state index contributed by atoms with van der Waals surface area (Å²) in [7, 11) is 0. The zero-order valence-electron chi connectivity index (χ0n) is 6.38. The molecule has 0 bridgehead atoms. The Labute approximate surface area is 65.6 Å². The number of cyclic esters (lactones) is 1. The summed E-state index contributed by atoms with van der Waals surface area (Å²) in [6, 6.07) is 0.432. The lowest BCUT2D eigenvalue weighted by Crippen LogP contribution is -2.40. The van der Waals surface area contributed by atoms with Gasteiger partial charge in [-0.15, -0.1) is 0 Å². The number of carbonyl (C=O) groups is 1. The fourth-order valence-electron chi connectivity index (χ4n) is 1.45. The van der Waals surface area contributed by atoms with Crippen LogP contribution in [-0.4, -0.2) is 23.6 Å². The molecule has 2 fully saturated rings. The van der Waals surface area contributed by atoms with Crippen LogP contribution in [0.5, 0.6) is 0 Å². The van der Waals surface area contributed by atoms with Crippen molar-refractivity contribution >= 4 is 6.09 Å². The molecule has 0 unspecified atom stereocenters. The van der Waals surface area contributed by atoms with Crippen LogP contribution in [0.2, 0.25) is 0 Å². The molecule has 60 valence electrons. The molecule has 1 saturated heterocycles.